The number of piperidine rings is 1. The fourth-order valence-corrected chi connectivity index (χ4v) is 4.23. The van der Waals surface area contributed by atoms with Crippen LogP contribution in [0.25, 0.3) is 0 Å². The average molecular weight is 319 g/mol. The van der Waals surface area contributed by atoms with Gasteiger partial charge in [-0.05, 0) is 48.6 Å². The summed E-state index contributed by atoms with van der Waals surface area (Å²) in [5, 5.41) is 7.44. The maximum Gasteiger partial charge on any atom is 0.254 e. The second-order valence-electron chi connectivity index (χ2n) is 6.71. The average Bonchev–Trinajstić information content (AvgIpc) is 3.00. The number of nitrogens with zero attached hydrogens (tertiary/aromatic N) is 1. The standard InChI is InChI=1S/C20H21N3O/c21-12-15-10-14(7-8-18(15)22)20(24)23-9-3-6-17-16-5-2-1-4-13(16)11-19(17)23/h1-2,4-5,7-8,10,12,17,19,21H,3,6,9,11,22H2/t17?,19-/m0/s1. The molecule has 2 atom stereocenters. The minimum absolute atomic E-state index is 0.0561. The molecule has 2 aliphatic rings. The van der Waals surface area contributed by atoms with Gasteiger partial charge < -0.3 is 16.0 Å². The summed E-state index contributed by atoms with van der Waals surface area (Å²) in [7, 11) is 0. The third-order valence-corrected chi connectivity index (χ3v) is 5.41. The normalized spacial score (nSPS) is 21.9. The van der Waals surface area contributed by atoms with Crippen molar-refractivity contribution in [1.82, 2.24) is 4.90 Å². The minimum atomic E-state index is 0.0561. The van der Waals surface area contributed by atoms with Crippen molar-refractivity contribution in [3.63, 3.8) is 0 Å². The van der Waals surface area contributed by atoms with Crippen molar-refractivity contribution < 1.29 is 4.79 Å². The topological polar surface area (TPSA) is 70.2 Å². The summed E-state index contributed by atoms with van der Waals surface area (Å²) in [4.78, 5) is 15.1. The molecule has 4 nitrogen and oxygen atoms in total. The fraction of sp³-hybridized carbons (Fsp3) is 0.300. The lowest BCUT2D eigenvalue weighted by Gasteiger charge is -2.38. The second-order valence-corrected chi connectivity index (χ2v) is 6.71. The number of rotatable bonds is 2. The molecule has 0 bridgehead atoms. The van der Waals surface area contributed by atoms with Crippen LogP contribution in [-0.2, 0) is 6.42 Å². The van der Waals surface area contributed by atoms with E-state index < -0.39 is 0 Å². The first-order valence-corrected chi connectivity index (χ1v) is 8.48. The Kier molecular flexibility index (Phi) is 3.60. The molecule has 0 spiro atoms. The number of nitrogens with two attached hydrogens (primary N) is 1. The molecule has 2 aromatic rings. The van der Waals surface area contributed by atoms with E-state index in [0.29, 0.717) is 22.7 Å². The zero-order chi connectivity index (χ0) is 16.7. The highest BCUT2D eigenvalue weighted by Gasteiger charge is 2.40. The summed E-state index contributed by atoms with van der Waals surface area (Å²) in [6.07, 6.45) is 4.34. The molecule has 1 fully saturated rings. The Hall–Kier alpha value is -2.62. The van der Waals surface area contributed by atoms with Gasteiger partial charge in [-0.15, -0.1) is 0 Å². The summed E-state index contributed by atoms with van der Waals surface area (Å²) >= 11 is 0. The highest BCUT2D eigenvalue weighted by molar-refractivity contribution is 5.98. The molecule has 0 aromatic heterocycles. The van der Waals surface area contributed by atoms with Crippen LogP contribution in [0.5, 0.6) is 0 Å². The van der Waals surface area contributed by atoms with Crippen LogP contribution in [0.2, 0.25) is 0 Å². The van der Waals surface area contributed by atoms with E-state index in [0.717, 1.165) is 25.8 Å². The monoisotopic (exact) mass is 319 g/mol. The quantitative estimate of drug-likeness (QED) is 0.659. The van der Waals surface area contributed by atoms with E-state index in [1.165, 1.54) is 17.3 Å². The van der Waals surface area contributed by atoms with Gasteiger partial charge in [0, 0.05) is 41.5 Å². The van der Waals surface area contributed by atoms with E-state index >= 15 is 0 Å². The summed E-state index contributed by atoms with van der Waals surface area (Å²) < 4.78 is 0. The molecule has 1 saturated heterocycles. The number of anilines is 1. The Morgan fingerprint density at radius 2 is 2.08 bits per heavy atom. The number of carbonyl (C=O) groups excluding carboxylic acids is 1. The number of hydrogen-bond donors (Lipinski definition) is 2. The number of likely N-dealkylation sites (tertiary alicyclic amines) is 1. The molecule has 1 aliphatic carbocycles. The van der Waals surface area contributed by atoms with Crippen molar-refractivity contribution in [1.29, 1.82) is 5.41 Å². The molecule has 1 aliphatic heterocycles. The molecule has 122 valence electrons. The molecule has 1 unspecified atom stereocenters. The van der Waals surface area contributed by atoms with Crippen molar-refractivity contribution in [2.45, 2.75) is 31.2 Å². The van der Waals surface area contributed by atoms with Crippen LogP contribution in [0.1, 0.15) is 45.8 Å². The number of amides is 1. The summed E-state index contributed by atoms with van der Waals surface area (Å²) in [5.74, 6) is 0.510. The number of fused-ring (bicyclic) bond motifs is 3. The third kappa shape index (κ3) is 2.30. The lowest BCUT2D eigenvalue weighted by atomic mass is 9.88. The van der Waals surface area contributed by atoms with Gasteiger partial charge >= 0.3 is 0 Å². The molecule has 4 rings (SSSR count). The van der Waals surface area contributed by atoms with Crippen LogP contribution in [0.3, 0.4) is 0 Å². The zero-order valence-electron chi connectivity index (χ0n) is 13.5. The minimum Gasteiger partial charge on any atom is -0.398 e. The van der Waals surface area contributed by atoms with Crippen LogP contribution >= 0.6 is 0 Å². The number of carbonyl (C=O) groups is 1. The van der Waals surface area contributed by atoms with E-state index in [1.54, 1.807) is 18.2 Å². The number of benzene rings is 2. The first-order valence-electron chi connectivity index (χ1n) is 8.48. The lowest BCUT2D eigenvalue weighted by Crippen LogP contribution is -2.46. The largest absolute Gasteiger partial charge is 0.398 e. The zero-order valence-corrected chi connectivity index (χ0v) is 13.5. The van der Waals surface area contributed by atoms with Gasteiger partial charge in [0.2, 0.25) is 0 Å². The maximum absolute atomic E-state index is 13.1. The highest BCUT2D eigenvalue weighted by atomic mass is 16.2. The molecular formula is C20H21N3O. The smallest absolute Gasteiger partial charge is 0.254 e. The summed E-state index contributed by atoms with van der Waals surface area (Å²) in [6, 6.07) is 14.1. The van der Waals surface area contributed by atoms with Crippen molar-refractivity contribution in [3.8, 4) is 0 Å². The molecule has 0 radical (unpaired) electrons. The SMILES string of the molecule is N=Cc1cc(C(=O)N2CCCC3c4ccccc4C[C@@H]32)ccc1N. The van der Waals surface area contributed by atoms with Gasteiger partial charge in [0.25, 0.3) is 5.91 Å². The summed E-state index contributed by atoms with van der Waals surface area (Å²) in [6.45, 7) is 0.804. The Bertz CT molecular complexity index is 814. The molecular weight excluding hydrogens is 298 g/mol. The molecule has 0 saturated carbocycles. The van der Waals surface area contributed by atoms with Crippen LogP contribution in [0.15, 0.2) is 42.5 Å². The van der Waals surface area contributed by atoms with E-state index in [-0.39, 0.29) is 11.9 Å². The van der Waals surface area contributed by atoms with E-state index in [1.807, 2.05) is 4.90 Å². The molecule has 2 aromatic carbocycles. The number of nitrogen functional groups attached to an aromatic ring is 1. The van der Waals surface area contributed by atoms with Gasteiger partial charge in [-0.3, -0.25) is 4.79 Å². The van der Waals surface area contributed by atoms with Gasteiger partial charge in [-0.25, -0.2) is 0 Å². The third-order valence-electron chi connectivity index (χ3n) is 5.41. The summed E-state index contributed by atoms with van der Waals surface area (Å²) in [5.41, 5.74) is 10.4. The Labute approximate surface area is 141 Å². The van der Waals surface area contributed by atoms with Crippen molar-refractivity contribution in [3.05, 3.63) is 64.7 Å². The van der Waals surface area contributed by atoms with Gasteiger partial charge in [-0.1, -0.05) is 24.3 Å². The molecule has 1 amide bonds. The predicted octanol–water partition coefficient (Wildman–Crippen LogP) is 3.21. The van der Waals surface area contributed by atoms with E-state index in [4.69, 9.17) is 11.1 Å². The van der Waals surface area contributed by atoms with Gasteiger partial charge in [0.05, 0.1) is 0 Å². The maximum atomic E-state index is 13.1. The Morgan fingerprint density at radius 1 is 1.25 bits per heavy atom. The van der Waals surface area contributed by atoms with Crippen molar-refractivity contribution in [2.75, 3.05) is 12.3 Å². The molecule has 4 heteroatoms. The van der Waals surface area contributed by atoms with Crippen LogP contribution in [-0.4, -0.2) is 29.6 Å². The van der Waals surface area contributed by atoms with Crippen molar-refractivity contribution in [2.24, 2.45) is 0 Å². The Morgan fingerprint density at radius 3 is 2.92 bits per heavy atom. The fourth-order valence-electron chi connectivity index (χ4n) is 4.23. The van der Waals surface area contributed by atoms with E-state index in [2.05, 4.69) is 24.3 Å². The van der Waals surface area contributed by atoms with Crippen LogP contribution in [0, 0.1) is 5.41 Å². The number of hydrogen-bond acceptors (Lipinski definition) is 3. The number of nitrogens with one attached hydrogen (secondary N) is 1. The molecule has 3 N–H and O–H groups in total. The molecule has 24 heavy (non-hydrogen) atoms. The van der Waals surface area contributed by atoms with Crippen molar-refractivity contribution >= 4 is 17.8 Å². The second kappa shape index (κ2) is 5.78. The highest BCUT2D eigenvalue weighted by Crippen LogP contribution is 2.42. The van der Waals surface area contributed by atoms with Crippen LogP contribution in [0.4, 0.5) is 5.69 Å². The predicted molar refractivity (Wildman–Crippen MR) is 95.7 cm³/mol. The first-order chi connectivity index (χ1) is 11.7. The van der Waals surface area contributed by atoms with Crippen LogP contribution < -0.4 is 5.73 Å². The van der Waals surface area contributed by atoms with E-state index in [9.17, 15) is 4.79 Å². The first kappa shape index (κ1) is 14.9. The van der Waals surface area contributed by atoms with Gasteiger partial charge in [-0.2, -0.15) is 0 Å². The lowest BCUT2D eigenvalue weighted by molar-refractivity contribution is 0.0595. The van der Waals surface area contributed by atoms with Gasteiger partial charge in [0.1, 0.15) is 0 Å². The molecule has 1 heterocycles. The van der Waals surface area contributed by atoms with Gasteiger partial charge in [0.15, 0.2) is 0 Å². The Balaban J connectivity index is 1.65.